The molecule has 0 spiro atoms. The Bertz CT molecular complexity index is 478. The highest BCUT2D eigenvalue weighted by Crippen LogP contribution is 2.39. The van der Waals surface area contributed by atoms with Crippen LogP contribution in [-0.2, 0) is 0 Å². The molecule has 2 aliphatic rings. The Balaban J connectivity index is 1.91. The summed E-state index contributed by atoms with van der Waals surface area (Å²) in [5.41, 5.74) is 1.04. The van der Waals surface area contributed by atoms with E-state index < -0.39 is 5.97 Å². The molecule has 0 bridgehead atoms. The van der Waals surface area contributed by atoms with Crippen LogP contribution in [0, 0.1) is 0 Å². The van der Waals surface area contributed by atoms with Gasteiger partial charge in [-0.05, 0) is 31.7 Å². The molecule has 0 amide bonds. The molecule has 1 aromatic rings. The number of carboxylic acids is 1. The maximum Gasteiger partial charge on any atom is 0.354 e. The highest BCUT2D eigenvalue weighted by Gasteiger charge is 2.28. The Labute approximate surface area is 112 Å². The number of carbonyl (C=O) groups is 1. The second kappa shape index (κ2) is 5.15. The number of hydrogen-bond acceptors (Lipinski definition) is 4. The average molecular weight is 261 g/mol. The van der Waals surface area contributed by atoms with E-state index in [1.165, 1.54) is 12.8 Å². The molecule has 1 saturated heterocycles. The van der Waals surface area contributed by atoms with Gasteiger partial charge in [-0.25, -0.2) is 14.8 Å². The van der Waals surface area contributed by atoms with Crippen LogP contribution >= 0.6 is 0 Å². The monoisotopic (exact) mass is 261 g/mol. The summed E-state index contributed by atoms with van der Waals surface area (Å²) in [5.74, 6) is 0.107. The van der Waals surface area contributed by atoms with Crippen LogP contribution in [-0.4, -0.2) is 34.1 Å². The fraction of sp³-hybridized carbons (Fsp3) is 0.643. The molecule has 5 nitrogen and oxygen atoms in total. The first-order valence-electron chi connectivity index (χ1n) is 7.11. The number of aromatic nitrogens is 2. The molecule has 0 radical (unpaired) electrons. The van der Waals surface area contributed by atoms with Gasteiger partial charge in [0, 0.05) is 24.7 Å². The standard InChI is InChI=1S/C14H19N3O2/c18-13(19)12-9-11(10-5-6-10)15-14(16-12)17-7-3-1-2-4-8-17/h9-10H,1-8H2,(H,18,19). The van der Waals surface area contributed by atoms with Crippen molar-refractivity contribution in [2.45, 2.75) is 44.4 Å². The van der Waals surface area contributed by atoms with E-state index in [0.29, 0.717) is 11.9 Å². The van der Waals surface area contributed by atoms with Gasteiger partial charge in [-0.15, -0.1) is 0 Å². The summed E-state index contributed by atoms with van der Waals surface area (Å²) in [5, 5.41) is 9.18. The minimum atomic E-state index is -0.958. The maximum atomic E-state index is 11.2. The van der Waals surface area contributed by atoms with Crippen molar-refractivity contribution in [2.24, 2.45) is 0 Å². The number of nitrogens with zero attached hydrogens (tertiary/aromatic N) is 3. The quantitative estimate of drug-likeness (QED) is 0.905. The summed E-state index contributed by atoms with van der Waals surface area (Å²) in [7, 11) is 0. The lowest BCUT2D eigenvalue weighted by Crippen LogP contribution is -2.27. The Morgan fingerprint density at radius 1 is 1.16 bits per heavy atom. The van der Waals surface area contributed by atoms with Gasteiger partial charge in [-0.3, -0.25) is 0 Å². The van der Waals surface area contributed by atoms with Crippen LogP contribution in [0.25, 0.3) is 0 Å². The molecule has 102 valence electrons. The first-order chi connectivity index (χ1) is 9.24. The SMILES string of the molecule is O=C(O)c1cc(C2CC2)nc(N2CCCCCC2)n1. The van der Waals surface area contributed by atoms with Crippen molar-refractivity contribution >= 4 is 11.9 Å². The minimum absolute atomic E-state index is 0.135. The fourth-order valence-electron chi connectivity index (χ4n) is 2.56. The first kappa shape index (κ1) is 12.4. The molecule has 1 aliphatic heterocycles. The molecule has 2 fully saturated rings. The second-order valence-corrected chi connectivity index (χ2v) is 5.46. The van der Waals surface area contributed by atoms with E-state index in [-0.39, 0.29) is 5.69 Å². The van der Waals surface area contributed by atoms with Gasteiger partial charge in [0.05, 0.1) is 0 Å². The Kier molecular flexibility index (Phi) is 3.36. The largest absolute Gasteiger partial charge is 0.477 e. The van der Waals surface area contributed by atoms with E-state index in [1.54, 1.807) is 6.07 Å². The van der Waals surface area contributed by atoms with Crippen LogP contribution in [0.4, 0.5) is 5.95 Å². The van der Waals surface area contributed by atoms with E-state index in [1.807, 2.05) is 0 Å². The van der Waals surface area contributed by atoms with Crippen LogP contribution in [0.15, 0.2) is 6.07 Å². The Hall–Kier alpha value is -1.65. The van der Waals surface area contributed by atoms with Crippen LogP contribution < -0.4 is 4.90 Å². The van der Waals surface area contributed by atoms with Gasteiger partial charge in [-0.2, -0.15) is 0 Å². The van der Waals surface area contributed by atoms with Crippen molar-refractivity contribution in [1.29, 1.82) is 0 Å². The summed E-state index contributed by atoms with van der Waals surface area (Å²) in [6.07, 6.45) is 7.00. The zero-order chi connectivity index (χ0) is 13.2. The van der Waals surface area contributed by atoms with Gasteiger partial charge in [0.25, 0.3) is 0 Å². The molecule has 0 atom stereocenters. The van der Waals surface area contributed by atoms with E-state index in [9.17, 15) is 9.90 Å². The van der Waals surface area contributed by atoms with Gasteiger partial charge in [-0.1, -0.05) is 12.8 Å². The van der Waals surface area contributed by atoms with Crippen molar-refractivity contribution < 1.29 is 9.90 Å². The molecule has 1 aliphatic carbocycles. The van der Waals surface area contributed by atoms with Crippen molar-refractivity contribution in [3.8, 4) is 0 Å². The van der Waals surface area contributed by atoms with Crippen molar-refractivity contribution in [2.75, 3.05) is 18.0 Å². The molecule has 1 aromatic heterocycles. The third-order valence-corrected chi connectivity index (χ3v) is 3.84. The van der Waals surface area contributed by atoms with Crippen molar-refractivity contribution in [3.05, 3.63) is 17.5 Å². The van der Waals surface area contributed by atoms with E-state index >= 15 is 0 Å². The highest BCUT2D eigenvalue weighted by molar-refractivity contribution is 5.85. The maximum absolute atomic E-state index is 11.2. The molecular formula is C14H19N3O2. The van der Waals surface area contributed by atoms with Gasteiger partial charge >= 0.3 is 5.97 Å². The molecule has 0 aromatic carbocycles. The number of aromatic carboxylic acids is 1. The summed E-state index contributed by atoms with van der Waals surface area (Å²) in [4.78, 5) is 22.2. The van der Waals surface area contributed by atoms with Crippen LogP contribution in [0.1, 0.15) is 60.6 Å². The number of anilines is 1. The van der Waals surface area contributed by atoms with Gasteiger partial charge in [0.15, 0.2) is 5.69 Å². The van der Waals surface area contributed by atoms with E-state index in [4.69, 9.17) is 0 Å². The molecule has 1 N–H and O–H groups in total. The number of hydrogen-bond donors (Lipinski definition) is 1. The fourth-order valence-corrected chi connectivity index (χ4v) is 2.56. The van der Waals surface area contributed by atoms with E-state index in [0.717, 1.165) is 44.5 Å². The van der Waals surface area contributed by atoms with Crippen LogP contribution in [0.2, 0.25) is 0 Å². The predicted molar refractivity (Wildman–Crippen MR) is 71.6 cm³/mol. The van der Waals surface area contributed by atoms with Gasteiger partial charge in [0.1, 0.15) is 0 Å². The van der Waals surface area contributed by atoms with Crippen LogP contribution in [0.5, 0.6) is 0 Å². The normalized spacial score (nSPS) is 20.1. The summed E-state index contributed by atoms with van der Waals surface area (Å²) in [6, 6.07) is 1.64. The van der Waals surface area contributed by atoms with Crippen molar-refractivity contribution in [1.82, 2.24) is 9.97 Å². The second-order valence-electron chi connectivity index (χ2n) is 5.46. The molecule has 3 rings (SSSR count). The zero-order valence-electron chi connectivity index (χ0n) is 11.0. The summed E-state index contributed by atoms with van der Waals surface area (Å²) < 4.78 is 0. The number of carboxylic acid groups (broad SMARTS) is 1. The highest BCUT2D eigenvalue weighted by atomic mass is 16.4. The Morgan fingerprint density at radius 2 is 1.84 bits per heavy atom. The zero-order valence-corrected chi connectivity index (χ0v) is 11.0. The third-order valence-electron chi connectivity index (χ3n) is 3.84. The lowest BCUT2D eigenvalue weighted by Gasteiger charge is -2.21. The summed E-state index contributed by atoms with van der Waals surface area (Å²) in [6.45, 7) is 1.88. The molecule has 2 heterocycles. The van der Waals surface area contributed by atoms with Crippen LogP contribution in [0.3, 0.4) is 0 Å². The summed E-state index contributed by atoms with van der Waals surface area (Å²) >= 11 is 0. The van der Waals surface area contributed by atoms with Gasteiger partial charge < -0.3 is 10.0 Å². The lowest BCUT2D eigenvalue weighted by molar-refractivity contribution is 0.0690. The minimum Gasteiger partial charge on any atom is -0.477 e. The molecule has 0 unspecified atom stereocenters. The molecule has 1 saturated carbocycles. The first-order valence-corrected chi connectivity index (χ1v) is 7.11. The smallest absolute Gasteiger partial charge is 0.354 e. The average Bonchev–Trinajstić information content (AvgIpc) is 3.25. The number of rotatable bonds is 3. The molecular weight excluding hydrogens is 242 g/mol. The predicted octanol–water partition coefficient (Wildman–Crippen LogP) is 2.43. The molecule has 5 heteroatoms. The van der Waals surface area contributed by atoms with Gasteiger partial charge in [0.2, 0.25) is 5.95 Å². The Morgan fingerprint density at radius 3 is 2.42 bits per heavy atom. The lowest BCUT2D eigenvalue weighted by atomic mass is 10.2. The van der Waals surface area contributed by atoms with Crippen molar-refractivity contribution in [3.63, 3.8) is 0 Å². The topological polar surface area (TPSA) is 66.3 Å². The third kappa shape index (κ3) is 2.85. The van der Waals surface area contributed by atoms with E-state index in [2.05, 4.69) is 14.9 Å². The molecule has 19 heavy (non-hydrogen) atoms.